The highest BCUT2D eigenvalue weighted by Crippen LogP contribution is 2.23. The van der Waals surface area contributed by atoms with Crippen LogP contribution in [0.5, 0.6) is 5.75 Å². The number of amides is 1. The summed E-state index contributed by atoms with van der Waals surface area (Å²) in [5.41, 5.74) is 8.57. The maximum absolute atomic E-state index is 12.8. The second-order valence-electron chi connectivity index (χ2n) is 6.86. The Morgan fingerprint density at radius 3 is 2.68 bits per heavy atom. The number of nitrogens with two attached hydrogens (primary N) is 1. The second kappa shape index (κ2) is 8.06. The van der Waals surface area contributed by atoms with E-state index in [1.165, 1.54) is 6.42 Å². The van der Waals surface area contributed by atoms with Crippen LogP contribution in [0.2, 0.25) is 0 Å². The van der Waals surface area contributed by atoms with Gasteiger partial charge in [-0.3, -0.25) is 4.79 Å². The zero-order valence-electron chi connectivity index (χ0n) is 14.5. The van der Waals surface area contributed by atoms with Gasteiger partial charge in [0, 0.05) is 18.3 Å². The number of carbonyl (C=O) groups excluding carboxylic acids is 1. The summed E-state index contributed by atoms with van der Waals surface area (Å²) < 4.78 is 0. The summed E-state index contributed by atoms with van der Waals surface area (Å²) in [6.07, 6.45) is 5.57. The zero-order chi connectivity index (χ0) is 17.6. The number of hydrogen-bond donors (Lipinski definition) is 2. The average molecular weight is 338 g/mol. The summed E-state index contributed by atoms with van der Waals surface area (Å²) in [4.78, 5) is 14.8. The van der Waals surface area contributed by atoms with E-state index in [0.29, 0.717) is 12.2 Å². The molecule has 25 heavy (non-hydrogen) atoms. The van der Waals surface area contributed by atoms with Crippen LogP contribution in [0.15, 0.2) is 48.5 Å². The molecule has 1 unspecified atom stereocenters. The Morgan fingerprint density at radius 2 is 1.92 bits per heavy atom. The van der Waals surface area contributed by atoms with Crippen LogP contribution in [-0.2, 0) is 17.6 Å². The lowest BCUT2D eigenvalue weighted by Gasteiger charge is -2.36. The van der Waals surface area contributed by atoms with Gasteiger partial charge in [-0.15, -0.1) is 0 Å². The lowest BCUT2D eigenvalue weighted by Crippen LogP contribution is -2.44. The van der Waals surface area contributed by atoms with Crippen molar-refractivity contribution in [3.05, 3.63) is 59.7 Å². The van der Waals surface area contributed by atoms with Crippen LogP contribution >= 0.6 is 0 Å². The zero-order valence-corrected chi connectivity index (χ0v) is 14.5. The molecular weight excluding hydrogens is 312 g/mol. The van der Waals surface area contributed by atoms with Crippen molar-refractivity contribution in [2.24, 2.45) is 0 Å². The fourth-order valence-corrected chi connectivity index (χ4v) is 3.59. The third-order valence-electron chi connectivity index (χ3n) is 4.96. The summed E-state index contributed by atoms with van der Waals surface area (Å²) in [5.74, 6) is 0.503. The molecule has 4 heteroatoms. The molecule has 132 valence electrons. The minimum absolute atomic E-state index is 0.199. The molecule has 3 N–H and O–H groups in total. The Balaban J connectivity index is 1.61. The fraction of sp³-hybridized carbons (Fsp3) is 0.381. The van der Waals surface area contributed by atoms with Gasteiger partial charge in [-0.05, 0) is 67.5 Å². The summed E-state index contributed by atoms with van der Waals surface area (Å²) in [6.45, 7) is 0.846. The fourth-order valence-electron chi connectivity index (χ4n) is 3.59. The van der Waals surface area contributed by atoms with Crippen LogP contribution in [0.4, 0.5) is 5.69 Å². The standard InChI is InChI=1S/C21H26N2O2/c22-18-10-7-17(8-11-18)15-21(25)23-13-2-1-5-19(23)12-9-16-4-3-6-20(24)14-16/h3-4,6-8,10-11,14,19,24H,1-2,5,9,12-13,15,22H2. The summed E-state index contributed by atoms with van der Waals surface area (Å²) in [5, 5.41) is 9.60. The molecule has 1 heterocycles. The number of piperidine rings is 1. The largest absolute Gasteiger partial charge is 0.508 e. The van der Waals surface area contributed by atoms with E-state index >= 15 is 0 Å². The van der Waals surface area contributed by atoms with E-state index in [0.717, 1.165) is 49.0 Å². The van der Waals surface area contributed by atoms with Gasteiger partial charge in [0.2, 0.25) is 5.91 Å². The van der Waals surface area contributed by atoms with Gasteiger partial charge in [0.05, 0.1) is 6.42 Å². The van der Waals surface area contributed by atoms with E-state index in [1.807, 2.05) is 42.5 Å². The van der Waals surface area contributed by atoms with E-state index in [4.69, 9.17) is 5.73 Å². The van der Waals surface area contributed by atoms with E-state index in [1.54, 1.807) is 6.07 Å². The molecule has 3 rings (SSSR count). The Kier molecular flexibility index (Phi) is 5.59. The van der Waals surface area contributed by atoms with Gasteiger partial charge < -0.3 is 15.7 Å². The summed E-state index contributed by atoms with van der Waals surface area (Å²) in [7, 11) is 0. The molecule has 0 aromatic heterocycles. The van der Waals surface area contributed by atoms with Gasteiger partial charge in [-0.1, -0.05) is 24.3 Å². The number of nitrogens with zero attached hydrogens (tertiary/aromatic N) is 1. The molecule has 0 saturated carbocycles. The number of hydrogen-bond acceptors (Lipinski definition) is 3. The molecule has 1 aliphatic heterocycles. The van der Waals surface area contributed by atoms with Gasteiger partial charge in [-0.25, -0.2) is 0 Å². The highest BCUT2D eigenvalue weighted by molar-refractivity contribution is 5.79. The first kappa shape index (κ1) is 17.3. The van der Waals surface area contributed by atoms with Crippen molar-refractivity contribution in [2.45, 2.75) is 44.6 Å². The highest BCUT2D eigenvalue weighted by atomic mass is 16.3. The molecule has 0 spiro atoms. The first-order valence-electron chi connectivity index (χ1n) is 9.03. The SMILES string of the molecule is Nc1ccc(CC(=O)N2CCCCC2CCc2cccc(O)c2)cc1. The lowest BCUT2D eigenvalue weighted by molar-refractivity contribution is -0.134. The molecule has 2 aromatic carbocycles. The quantitative estimate of drug-likeness (QED) is 0.820. The Hall–Kier alpha value is -2.49. The van der Waals surface area contributed by atoms with Crippen LogP contribution in [0, 0.1) is 0 Å². The molecular formula is C21H26N2O2. The maximum Gasteiger partial charge on any atom is 0.227 e. The number of phenolic OH excluding ortho intramolecular Hbond substituents is 1. The predicted octanol–water partition coefficient (Wildman–Crippen LogP) is 3.53. The van der Waals surface area contributed by atoms with Crippen molar-refractivity contribution in [1.29, 1.82) is 0 Å². The van der Waals surface area contributed by atoms with E-state index in [9.17, 15) is 9.90 Å². The number of benzene rings is 2. The molecule has 4 nitrogen and oxygen atoms in total. The number of rotatable bonds is 5. The van der Waals surface area contributed by atoms with Crippen molar-refractivity contribution in [3.63, 3.8) is 0 Å². The van der Waals surface area contributed by atoms with Crippen molar-refractivity contribution in [1.82, 2.24) is 4.90 Å². The molecule has 0 bridgehead atoms. The molecule has 1 atom stereocenters. The molecule has 2 aromatic rings. The van der Waals surface area contributed by atoms with Crippen LogP contribution in [0.3, 0.4) is 0 Å². The number of likely N-dealkylation sites (tertiary alicyclic amines) is 1. The molecule has 1 saturated heterocycles. The van der Waals surface area contributed by atoms with Gasteiger partial charge in [0.15, 0.2) is 0 Å². The number of carbonyl (C=O) groups is 1. The van der Waals surface area contributed by atoms with E-state index < -0.39 is 0 Å². The van der Waals surface area contributed by atoms with Crippen LogP contribution in [0.25, 0.3) is 0 Å². The van der Waals surface area contributed by atoms with Crippen LogP contribution in [-0.4, -0.2) is 28.5 Å². The Bertz CT molecular complexity index is 712. The number of nitrogen functional groups attached to an aromatic ring is 1. The summed E-state index contributed by atoms with van der Waals surface area (Å²) >= 11 is 0. The van der Waals surface area contributed by atoms with Crippen molar-refractivity contribution in [2.75, 3.05) is 12.3 Å². The van der Waals surface area contributed by atoms with E-state index in [2.05, 4.69) is 4.90 Å². The number of anilines is 1. The van der Waals surface area contributed by atoms with Crippen molar-refractivity contribution in [3.8, 4) is 5.75 Å². The maximum atomic E-state index is 12.8. The van der Waals surface area contributed by atoms with Crippen molar-refractivity contribution >= 4 is 11.6 Å². The minimum atomic E-state index is 0.199. The lowest BCUT2D eigenvalue weighted by atomic mass is 9.95. The number of aromatic hydroxyl groups is 1. The van der Waals surface area contributed by atoms with E-state index in [-0.39, 0.29) is 11.9 Å². The van der Waals surface area contributed by atoms with Crippen molar-refractivity contribution < 1.29 is 9.90 Å². The van der Waals surface area contributed by atoms with Gasteiger partial charge in [0.25, 0.3) is 0 Å². The first-order chi connectivity index (χ1) is 12.1. The summed E-state index contributed by atoms with van der Waals surface area (Å²) in [6, 6.07) is 15.2. The third-order valence-corrected chi connectivity index (χ3v) is 4.96. The smallest absolute Gasteiger partial charge is 0.227 e. The predicted molar refractivity (Wildman–Crippen MR) is 100 cm³/mol. The molecule has 0 radical (unpaired) electrons. The minimum Gasteiger partial charge on any atom is -0.508 e. The Morgan fingerprint density at radius 1 is 1.12 bits per heavy atom. The highest BCUT2D eigenvalue weighted by Gasteiger charge is 2.26. The Labute approximate surface area is 149 Å². The second-order valence-corrected chi connectivity index (χ2v) is 6.86. The van der Waals surface area contributed by atoms with Gasteiger partial charge in [0.1, 0.15) is 5.75 Å². The third kappa shape index (κ3) is 4.75. The molecule has 1 fully saturated rings. The topological polar surface area (TPSA) is 66.6 Å². The molecule has 1 amide bonds. The monoisotopic (exact) mass is 338 g/mol. The van der Waals surface area contributed by atoms with Crippen LogP contribution in [0.1, 0.15) is 36.8 Å². The van der Waals surface area contributed by atoms with Crippen LogP contribution < -0.4 is 5.73 Å². The first-order valence-corrected chi connectivity index (χ1v) is 9.03. The normalized spacial score (nSPS) is 17.4. The average Bonchev–Trinajstić information content (AvgIpc) is 2.62. The number of phenols is 1. The molecule has 1 aliphatic rings. The molecule has 0 aliphatic carbocycles. The van der Waals surface area contributed by atoms with Gasteiger partial charge in [-0.2, -0.15) is 0 Å². The van der Waals surface area contributed by atoms with Gasteiger partial charge >= 0.3 is 0 Å². The number of aryl methyl sites for hydroxylation is 1.